The average Bonchev–Trinajstić information content (AvgIpc) is 2.01. The quantitative estimate of drug-likeness (QED) is 0.862. The van der Waals surface area contributed by atoms with Gasteiger partial charge in [0.1, 0.15) is 0 Å². The summed E-state index contributed by atoms with van der Waals surface area (Å²) >= 11 is 0. The average molecular weight is 241 g/mol. The number of pyridine rings is 1. The lowest BCUT2D eigenvalue weighted by Gasteiger charge is -2.12. The van der Waals surface area contributed by atoms with Crippen LogP contribution in [0.3, 0.4) is 0 Å². The number of nitrogens with zero attached hydrogens (tertiary/aromatic N) is 1. The smallest absolute Gasteiger partial charge is 0.328 e. The number of hydrogen-bond donors (Lipinski definition) is 1. The summed E-state index contributed by atoms with van der Waals surface area (Å²) in [5.74, 6) is 0. The number of nitrogens with two attached hydrogens (primary N) is 1. The van der Waals surface area contributed by atoms with Crippen molar-refractivity contribution >= 4 is 12.4 Å². The van der Waals surface area contributed by atoms with Gasteiger partial charge in [-0.1, -0.05) is 0 Å². The number of rotatable bonds is 2. The monoisotopic (exact) mass is 240 g/mol. The molecule has 6 heteroatoms. The molecule has 1 rings (SSSR count). The van der Waals surface area contributed by atoms with Crippen LogP contribution in [0.15, 0.2) is 18.3 Å². The van der Waals surface area contributed by atoms with Gasteiger partial charge in [0.05, 0.1) is 11.3 Å². The first-order valence-corrected chi connectivity index (χ1v) is 4.18. The molecule has 0 aliphatic rings. The van der Waals surface area contributed by atoms with E-state index in [1.54, 1.807) is 6.92 Å². The van der Waals surface area contributed by atoms with Crippen molar-refractivity contribution in [3.8, 4) is 0 Å². The van der Waals surface area contributed by atoms with Gasteiger partial charge in [0.2, 0.25) is 0 Å². The molecule has 0 saturated heterocycles. The molecule has 1 heterocycles. The summed E-state index contributed by atoms with van der Waals surface area (Å²) in [5.41, 5.74) is 4.74. The Morgan fingerprint density at radius 3 is 2.53 bits per heavy atom. The zero-order chi connectivity index (χ0) is 10.8. The summed E-state index contributed by atoms with van der Waals surface area (Å²) in [5, 5.41) is 0. The molecule has 2 N–H and O–H groups in total. The van der Waals surface area contributed by atoms with Crippen molar-refractivity contribution < 1.29 is 13.2 Å². The standard InChI is InChI=1S/C9H11F3N2.ClH/c1-6(13)5-8-7(9(10,11)12)3-2-4-14-8;/h2-4,6H,5,13H2,1H3;1H. The zero-order valence-corrected chi connectivity index (χ0v) is 8.90. The summed E-state index contributed by atoms with van der Waals surface area (Å²) in [6.07, 6.45) is -2.87. The summed E-state index contributed by atoms with van der Waals surface area (Å²) in [7, 11) is 0. The third-order valence-electron chi connectivity index (χ3n) is 1.71. The van der Waals surface area contributed by atoms with Gasteiger partial charge in [0.25, 0.3) is 0 Å². The maximum atomic E-state index is 12.4. The van der Waals surface area contributed by atoms with E-state index in [1.807, 2.05) is 0 Å². The Balaban J connectivity index is 0.00000196. The Kier molecular flexibility index (Phi) is 5.03. The molecule has 1 aromatic rings. The highest BCUT2D eigenvalue weighted by Crippen LogP contribution is 2.31. The van der Waals surface area contributed by atoms with E-state index in [-0.39, 0.29) is 30.6 Å². The van der Waals surface area contributed by atoms with Crippen molar-refractivity contribution in [2.75, 3.05) is 0 Å². The number of alkyl halides is 3. The molecule has 86 valence electrons. The van der Waals surface area contributed by atoms with Crippen LogP contribution in [0.1, 0.15) is 18.2 Å². The molecule has 0 aliphatic heterocycles. The van der Waals surface area contributed by atoms with Gasteiger partial charge in [-0.2, -0.15) is 13.2 Å². The third-order valence-corrected chi connectivity index (χ3v) is 1.71. The van der Waals surface area contributed by atoms with Crippen molar-refractivity contribution in [2.45, 2.75) is 25.6 Å². The zero-order valence-electron chi connectivity index (χ0n) is 8.08. The van der Waals surface area contributed by atoms with Crippen LogP contribution in [0, 0.1) is 0 Å². The molecule has 1 aromatic heterocycles. The topological polar surface area (TPSA) is 38.9 Å². The molecule has 15 heavy (non-hydrogen) atoms. The molecule has 0 spiro atoms. The SMILES string of the molecule is CC(N)Cc1ncccc1C(F)(F)F.Cl. The van der Waals surface area contributed by atoms with Crippen LogP contribution in [-0.4, -0.2) is 11.0 Å². The molecule has 0 amide bonds. The normalized spacial score (nSPS) is 13.1. The van der Waals surface area contributed by atoms with E-state index in [2.05, 4.69) is 4.98 Å². The molecular weight excluding hydrogens is 229 g/mol. The van der Waals surface area contributed by atoms with Gasteiger partial charge < -0.3 is 5.73 Å². The maximum Gasteiger partial charge on any atom is 0.418 e. The molecule has 0 aromatic carbocycles. The maximum absolute atomic E-state index is 12.4. The first-order valence-electron chi connectivity index (χ1n) is 4.18. The van der Waals surface area contributed by atoms with Crippen LogP contribution in [-0.2, 0) is 12.6 Å². The highest BCUT2D eigenvalue weighted by molar-refractivity contribution is 5.85. The number of aromatic nitrogens is 1. The van der Waals surface area contributed by atoms with E-state index in [4.69, 9.17) is 5.73 Å². The lowest BCUT2D eigenvalue weighted by atomic mass is 10.1. The summed E-state index contributed by atoms with van der Waals surface area (Å²) in [6, 6.07) is 1.96. The van der Waals surface area contributed by atoms with Crippen LogP contribution in [0.2, 0.25) is 0 Å². The minimum Gasteiger partial charge on any atom is -0.328 e. The molecule has 1 unspecified atom stereocenters. The summed E-state index contributed by atoms with van der Waals surface area (Å²) in [4.78, 5) is 3.69. The first kappa shape index (κ1) is 14.2. The van der Waals surface area contributed by atoms with Crippen molar-refractivity contribution in [3.63, 3.8) is 0 Å². The van der Waals surface area contributed by atoms with E-state index >= 15 is 0 Å². The van der Waals surface area contributed by atoms with Gasteiger partial charge in [-0.05, 0) is 19.1 Å². The van der Waals surface area contributed by atoms with Gasteiger partial charge in [-0.15, -0.1) is 12.4 Å². The Morgan fingerprint density at radius 1 is 1.47 bits per heavy atom. The van der Waals surface area contributed by atoms with Gasteiger partial charge >= 0.3 is 6.18 Å². The molecule has 0 saturated carbocycles. The van der Waals surface area contributed by atoms with Crippen LogP contribution in [0.25, 0.3) is 0 Å². The lowest BCUT2D eigenvalue weighted by Crippen LogP contribution is -2.21. The van der Waals surface area contributed by atoms with Gasteiger partial charge in [0.15, 0.2) is 0 Å². The third kappa shape index (κ3) is 4.05. The second-order valence-electron chi connectivity index (χ2n) is 3.18. The largest absolute Gasteiger partial charge is 0.418 e. The molecule has 0 fully saturated rings. The predicted octanol–water partition coefficient (Wildman–Crippen LogP) is 2.41. The van der Waals surface area contributed by atoms with Crippen molar-refractivity contribution in [1.82, 2.24) is 4.98 Å². The van der Waals surface area contributed by atoms with Crippen molar-refractivity contribution in [2.24, 2.45) is 5.73 Å². The first-order chi connectivity index (χ1) is 6.41. The number of halogens is 4. The Morgan fingerprint density at radius 2 is 2.07 bits per heavy atom. The van der Waals surface area contributed by atoms with Crippen LogP contribution in [0.5, 0.6) is 0 Å². The number of hydrogen-bond acceptors (Lipinski definition) is 2. The minimum absolute atomic E-state index is 0. The fourth-order valence-corrected chi connectivity index (χ4v) is 1.16. The fourth-order valence-electron chi connectivity index (χ4n) is 1.16. The van der Waals surface area contributed by atoms with Crippen molar-refractivity contribution in [3.05, 3.63) is 29.6 Å². The van der Waals surface area contributed by atoms with E-state index in [1.165, 1.54) is 12.3 Å². The summed E-state index contributed by atoms with van der Waals surface area (Å²) in [6.45, 7) is 1.65. The van der Waals surface area contributed by atoms with Crippen LogP contribution >= 0.6 is 12.4 Å². The summed E-state index contributed by atoms with van der Waals surface area (Å²) < 4.78 is 37.3. The second kappa shape index (κ2) is 5.32. The molecule has 1 atom stereocenters. The second-order valence-corrected chi connectivity index (χ2v) is 3.18. The Labute approximate surface area is 92.1 Å². The highest BCUT2D eigenvalue weighted by atomic mass is 35.5. The Bertz CT molecular complexity index is 312. The molecular formula is C9H12ClF3N2. The van der Waals surface area contributed by atoms with Gasteiger partial charge in [0, 0.05) is 18.7 Å². The highest BCUT2D eigenvalue weighted by Gasteiger charge is 2.33. The van der Waals surface area contributed by atoms with Crippen LogP contribution in [0.4, 0.5) is 13.2 Å². The minimum atomic E-state index is -4.35. The molecule has 0 aliphatic carbocycles. The van der Waals surface area contributed by atoms with E-state index in [0.29, 0.717) is 0 Å². The molecule has 2 nitrogen and oxygen atoms in total. The van der Waals surface area contributed by atoms with E-state index in [9.17, 15) is 13.2 Å². The van der Waals surface area contributed by atoms with Crippen LogP contribution < -0.4 is 5.73 Å². The van der Waals surface area contributed by atoms with E-state index in [0.717, 1.165) is 6.07 Å². The fraction of sp³-hybridized carbons (Fsp3) is 0.444. The lowest BCUT2D eigenvalue weighted by molar-refractivity contribution is -0.138. The van der Waals surface area contributed by atoms with Gasteiger partial charge in [-0.25, -0.2) is 0 Å². The Hall–Kier alpha value is -0.810. The van der Waals surface area contributed by atoms with E-state index < -0.39 is 11.7 Å². The predicted molar refractivity (Wildman–Crippen MR) is 53.8 cm³/mol. The van der Waals surface area contributed by atoms with Crippen molar-refractivity contribution in [1.29, 1.82) is 0 Å². The molecule has 0 radical (unpaired) electrons. The molecule has 0 bridgehead atoms. The van der Waals surface area contributed by atoms with Gasteiger partial charge in [-0.3, -0.25) is 4.98 Å².